The van der Waals surface area contributed by atoms with E-state index in [4.69, 9.17) is 0 Å². The van der Waals surface area contributed by atoms with Crippen LogP contribution in [0.1, 0.15) is 6.92 Å². The maximum atomic E-state index is 10.9. The van der Waals surface area contributed by atoms with E-state index in [1.165, 1.54) is 11.8 Å². The van der Waals surface area contributed by atoms with E-state index in [2.05, 4.69) is 6.58 Å². The molecule has 0 aliphatic carbocycles. The number of hydrogen-bond acceptors (Lipinski definition) is 2. The Labute approximate surface area is 58.9 Å². The van der Waals surface area contributed by atoms with Crippen LogP contribution in [0.4, 0.5) is 0 Å². The van der Waals surface area contributed by atoms with Gasteiger partial charge in [-0.15, -0.1) is 0 Å². The van der Waals surface area contributed by atoms with Crippen molar-refractivity contribution in [1.29, 1.82) is 0 Å². The van der Waals surface area contributed by atoms with Gasteiger partial charge in [-0.1, -0.05) is 18.3 Å². The van der Waals surface area contributed by atoms with Crippen molar-refractivity contribution in [3.63, 3.8) is 0 Å². The maximum absolute atomic E-state index is 10.9. The molecule has 0 spiro atoms. The topological polar surface area (TPSA) is 20.3 Å². The van der Waals surface area contributed by atoms with E-state index in [-0.39, 0.29) is 5.91 Å². The van der Waals surface area contributed by atoms with E-state index in [0.29, 0.717) is 5.75 Å². The van der Waals surface area contributed by atoms with E-state index < -0.39 is 0 Å². The Hall–Kier alpha value is -0.440. The van der Waals surface area contributed by atoms with E-state index in [0.717, 1.165) is 11.6 Å². The summed E-state index contributed by atoms with van der Waals surface area (Å²) < 4.78 is 0. The standard InChI is InChI=1S/C6H9NOS/c1-3-7-5(2)9-4-6(7)8/h2-4H2,1H3. The average molecular weight is 143 g/mol. The largest absolute Gasteiger partial charge is 0.307 e. The smallest absolute Gasteiger partial charge is 0.237 e. The first-order chi connectivity index (χ1) is 4.25. The monoisotopic (exact) mass is 143 g/mol. The molecule has 1 amide bonds. The Kier molecular flexibility index (Phi) is 1.81. The zero-order valence-corrected chi connectivity index (χ0v) is 6.20. The molecule has 9 heavy (non-hydrogen) atoms. The molecule has 0 bridgehead atoms. The normalized spacial score (nSPS) is 19.4. The molecule has 50 valence electrons. The van der Waals surface area contributed by atoms with Gasteiger partial charge in [-0.2, -0.15) is 0 Å². The molecular formula is C6H9NOS. The first-order valence-electron chi connectivity index (χ1n) is 2.87. The van der Waals surface area contributed by atoms with E-state index in [9.17, 15) is 4.79 Å². The third-order valence-electron chi connectivity index (χ3n) is 1.28. The molecule has 3 heteroatoms. The fourth-order valence-electron chi connectivity index (χ4n) is 0.793. The second-order valence-electron chi connectivity index (χ2n) is 1.82. The Bertz CT molecular complexity index is 139. The van der Waals surface area contributed by atoms with Crippen molar-refractivity contribution in [1.82, 2.24) is 4.90 Å². The van der Waals surface area contributed by atoms with Crippen molar-refractivity contribution >= 4 is 17.7 Å². The van der Waals surface area contributed by atoms with Crippen LogP contribution in [0.15, 0.2) is 11.6 Å². The van der Waals surface area contributed by atoms with Gasteiger partial charge < -0.3 is 4.90 Å². The molecule has 1 fully saturated rings. The number of hydrogen-bond donors (Lipinski definition) is 0. The number of carbonyl (C=O) groups is 1. The van der Waals surface area contributed by atoms with Gasteiger partial charge in [0.05, 0.1) is 10.8 Å². The lowest BCUT2D eigenvalue weighted by Gasteiger charge is -2.11. The summed E-state index contributed by atoms with van der Waals surface area (Å²) in [6, 6.07) is 0. The molecule has 1 heterocycles. The number of thioether (sulfide) groups is 1. The van der Waals surface area contributed by atoms with Crippen LogP contribution in [-0.4, -0.2) is 23.1 Å². The average Bonchev–Trinajstić information content (AvgIpc) is 2.12. The summed E-state index contributed by atoms with van der Waals surface area (Å²) >= 11 is 1.52. The highest BCUT2D eigenvalue weighted by atomic mass is 32.2. The molecule has 0 radical (unpaired) electrons. The predicted octanol–water partition coefficient (Wildman–Crippen LogP) is 1.05. The fraction of sp³-hybridized carbons (Fsp3) is 0.500. The number of carbonyl (C=O) groups excluding carboxylic acids is 1. The first-order valence-corrected chi connectivity index (χ1v) is 3.86. The van der Waals surface area contributed by atoms with Crippen LogP contribution in [0.3, 0.4) is 0 Å². The van der Waals surface area contributed by atoms with Gasteiger partial charge in [-0.05, 0) is 6.92 Å². The molecule has 1 rings (SSSR count). The molecule has 1 aliphatic heterocycles. The van der Waals surface area contributed by atoms with Gasteiger partial charge in [0.2, 0.25) is 5.91 Å². The van der Waals surface area contributed by atoms with Gasteiger partial charge in [0, 0.05) is 6.54 Å². The SMILES string of the molecule is C=C1SCC(=O)N1CC. The quantitative estimate of drug-likeness (QED) is 0.547. The molecule has 1 saturated heterocycles. The predicted molar refractivity (Wildman–Crippen MR) is 39.0 cm³/mol. The highest BCUT2D eigenvalue weighted by molar-refractivity contribution is 8.04. The second-order valence-corrected chi connectivity index (χ2v) is 2.87. The van der Waals surface area contributed by atoms with Crippen molar-refractivity contribution < 1.29 is 4.79 Å². The van der Waals surface area contributed by atoms with Crippen molar-refractivity contribution in [3.05, 3.63) is 11.6 Å². The summed E-state index contributed by atoms with van der Waals surface area (Å²) in [6.07, 6.45) is 0. The van der Waals surface area contributed by atoms with Gasteiger partial charge in [0.1, 0.15) is 0 Å². The van der Waals surface area contributed by atoms with Gasteiger partial charge in [-0.3, -0.25) is 4.79 Å². The minimum absolute atomic E-state index is 0.188. The Morgan fingerprint density at radius 3 is 2.78 bits per heavy atom. The third-order valence-corrected chi connectivity index (χ3v) is 2.23. The van der Waals surface area contributed by atoms with Gasteiger partial charge in [-0.25, -0.2) is 0 Å². The molecule has 1 aliphatic rings. The summed E-state index contributed by atoms with van der Waals surface area (Å²) in [5.41, 5.74) is 0. The molecule has 0 aromatic rings. The van der Waals surface area contributed by atoms with Crippen molar-refractivity contribution in [2.24, 2.45) is 0 Å². The van der Waals surface area contributed by atoms with E-state index >= 15 is 0 Å². The van der Waals surface area contributed by atoms with Crippen LogP contribution in [0.2, 0.25) is 0 Å². The Balaban J connectivity index is 2.66. The lowest BCUT2D eigenvalue weighted by Crippen LogP contribution is -2.23. The molecule has 0 aromatic heterocycles. The number of rotatable bonds is 1. The lowest BCUT2D eigenvalue weighted by molar-refractivity contribution is -0.125. The molecular weight excluding hydrogens is 134 g/mol. The molecule has 0 saturated carbocycles. The van der Waals surface area contributed by atoms with Gasteiger partial charge in [0.25, 0.3) is 0 Å². The van der Waals surface area contributed by atoms with Crippen molar-refractivity contribution in [3.8, 4) is 0 Å². The van der Waals surface area contributed by atoms with Crippen LogP contribution in [0.25, 0.3) is 0 Å². The molecule has 0 unspecified atom stereocenters. The summed E-state index contributed by atoms with van der Waals surface area (Å²) in [5.74, 6) is 0.764. The lowest BCUT2D eigenvalue weighted by atomic mass is 10.5. The zero-order chi connectivity index (χ0) is 6.85. The third kappa shape index (κ3) is 1.10. The van der Waals surface area contributed by atoms with Crippen molar-refractivity contribution in [2.75, 3.05) is 12.3 Å². The van der Waals surface area contributed by atoms with Crippen LogP contribution >= 0.6 is 11.8 Å². The minimum atomic E-state index is 0.188. The maximum Gasteiger partial charge on any atom is 0.237 e. The number of nitrogens with zero attached hydrogens (tertiary/aromatic N) is 1. The molecule has 0 aromatic carbocycles. The van der Waals surface area contributed by atoms with Crippen LogP contribution < -0.4 is 0 Å². The highest BCUT2D eigenvalue weighted by Gasteiger charge is 2.22. The van der Waals surface area contributed by atoms with Crippen molar-refractivity contribution in [2.45, 2.75) is 6.92 Å². The molecule has 2 nitrogen and oxygen atoms in total. The fourth-order valence-corrected chi connectivity index (χ4v) is 1.63. The van der Waals surface area contributed by atoms with E-state index in [1.807, 2.05) is 6.92 Å². The summed E-state index contributed by atoms with van der Waals surface area (Å²) in [5, 5.41) is 0.891. The second kappa shape index (κ2) is 2.43. The van der Waals surface area contributed by atoms with E-state index in [1.54, 1.807) is 4.90 Å². The Morgan fingerprint density at radius 1 is 1.89 bits per heavy atom. The van der Waals surface area contributed by atoms with Crippen LogP contribution in [-0.2, 0) is 4.79 Å². The summed E-state index contributed by atoms with van der Waals surface area (Å²) in [4.78, 5) is 12.6. The first kappa shape index (κ1) is 6.68. The van der Waals surface area contributed by atoms with Gasteiger partial charge in [0.15, 0.2) is 0 Å². The Morgan fingerprint density at radius 2 is 2.56 bits per heavy atom. The highest BCUT2D eigenvalue weighted by Crippen LogP contribution is 2.25. The molecule has 0 N–H and O–H groups in total. The minimum Gasteiger partial charge on any atom is -0.307 e. The van der Waals surface area contributed by atoms with Crippen LogP contribution in [0.5, 0.6) is 0 Å². The summed E-state index contributed by atoms with van der Waals surface area (Å²) in [7, 11) is 0. The van der Waals surface area contributed by atoms with Crippen LogP contribution in [0, 0.1) is 0 Å². The summed E-state index contributed by atoms with van der Waals surface area (Å²) in [6.45, 7) is 6.43. The number of amides is 1. The molecule has 0 atom stereocenters. The zero-order valence-electron chi connectivity index (χ0n) is 5.39. The van der Waals surface area contributed by atoms with Gasteiger partial charge >= 0.3 is 0 Å².